The van der Waals surface area contributed by atoms with Crippen molar-refractivity contribution in [3.05, 3.63) is 0 Å². The fourth-order valence-electron chi connectivity index (χ4n) is 10.3. The lowest BCUT2D eigenvalue weighted by molar-refractivity contribution is -0.928. The van der Waals surface area contributed by atoms with E-state index in [1.165, 1.54) is 225 Å². The first-order valence-corrected chi connectivity index (χ1v) is 24.4. The van der Waals surface area contributed by atoms with Crippen LogP contribution in [0.1, 0.15) is 214 Å². The molecule has 0 aliphatic heterocycles. The topological polar surface area (TPSA) is 0 Å². The second-order valence-corrected chi connectivity index (χ2v) is 16.9. The highest BCUT2D eigenvalue weighted by atomic mass is 35.5. The molecule has 0 unspecified atom stereocenters. The molecule has 0 aliphatic rings. The summed E-state index contributed by atoms with van der Waals surface area (Å²) in [7, 11) is 0. The molecular weight excluding hydrogens is 774 g/mol. The second-order valence-electron chi connectivity index (χ2n) is 16.9. The molecular formula is C48H112Cl4N4. The molecule has 0 bridgehead atoms. The Hall–Kier alpha value is 1.00. The Bertz CT molecular complexity index is 454. The molecule has 0 radical (unpaired) electrons. The summed E-state index contributed by atoms with van der Waals surface area (Å²) in [5.74, 6) is 0. The zero-order valence-electron chi connectivity index (χ0n) is 41.9. The van der Waals surface area contributed by atoms with Crippen LogP contribution in [0, 0.1) is 0 Å². The predicted molar refractivity (Wildman–Crippen MR) is 244 cm³/mol. The van der Waals surface area contributed by atoms with Gasteiger partial charge in [-0.3, -0.25) is 0 Å². The smallest absolute Gasteiger partial charge is 0.0783 e. The minimum atomic E-state index is 0. The zero-order valence-corrected chi connectivity index (χ0v) is 45.0. The lowest BCUT2D eigenvalue weighted by Gasteiger charge is -2.38. The van der Waals surface area contributed by atoms with Gasteiger partial charge in [0.1, 0.15) is 0 Å². The van der Waals surface area contributed by atoms with E-state index in [4.69, 9.17) is 0 Å². The summed E-state index contributed by atoms with van der Waals surface area (Å²) in [6, 6.07) is 0. The Labute approximate surface area is 383 Å². The lowest BCUT2D eigenvalue weighted by atomic mass is 10.2. The van der Waals surface area contributed by atoms with Gasteiger partial charge in [0.15, 0.2) is 0 Å². The minimum absolute atomic E-state index is 0. The van der Waals surface area contributed by atoms with Crippen LogP contribution in [-0.2, 0) is 0 Å². The third kappa shape index (κ3) is 38.0. The molecule has 0 fully saturated rings. The van der Waals surface area contributed by atoms with Gasteiger partial charge in [-0.15, -0.1) is 0 Å². The maximum Gasteiger partial charge on any atom is 0.0783 e. The van der Waals surface area contributed by atoms with Crippen LogP contribution in [0.25, 0.3) is 0 Å². The fourth-order valence-corrected chi connectivity index (χ4v) is 10.3. The molecule has 0 spiro atoms. The molecule has 0 atom stereocenters. The largest absolute Gasteiger partial charge is 1.00 e. The molecule has 0 saturated carbocycles. The molecule has 0 amide bonds. The lowest BCUT2D eigenvalue weighted by Crippen LogP contribution is -3.00. The molecule has 0 saturated heterocycles. The van der Waals surface area contributed by atoms with Crippen LogP contribution >= 0.6 is 0 Å². The van der Waals surface area contributed by atoms with Crippen LogP contribution < -0.4 is 49.6 Å². The van der Waals surface area contributed by atoms with E-state index in [0.29, 0.717) is 0 Å². The SMILES string of the molecule is CCC[N+](CCC)(CCC)CCC.CCC[N+](CCC)(CCC)CCC.CCC[N+](CCC)(CCC)CCC.CCC[N+](CCC)(CCC)CCC.[Cl-].[Cl-].[Cl-].[Cl-]. The van der Waals surface area contributed by atoms with E-state index >= 15 is 0 Å². The standard InChI is InChI=1S/4C12H28N.4ClH/c4*1-5-9-13(10-6-2,11-7-3)12-8-4;;;;/h4*5-12H2,1-4H3;4*1H/q4*+1;;;;/p-4. The van der Waals surface area contributed by atoms with Crippen molar-refractivity contribution in [2.45, 2.75) is 214 Å². The van der Waals surface area contributed by atoms with Crippen molar-refractivity contribution in [3.8, 4) is 0 Å². The summed E-state index contributed by atoms with van der Waals surface area (Å²) < 4.78 is 5.50. The number of hydrogen-bond donors (Lipinski definition) is 0. The molecule has 352 valence electrons. The summed E-state index contributed by atoms with van der Waals surface area (Å²) in [5, 5.41) is 0. The van der Waals surface area contributed by atoms with E-state index in [1.807, 2.05) is 0 Å². The van der Waals surface area contributed by atoms with Crippen molar-refractivity contribution in [3.63, 3.8) is 0 Å². The van der Waals surface area contributed by atoms with Crippen LogP contribution in [0.3, 0.4) is 0 Å². The number of quaternary nitrogens is 4. The van der Waals surface area contributed by atoms with Gasteiger partial charge in [0.05, 0.1) is 105 Å². The van der Waals surface area contributed by atoms with Crippen LogP contribution in [0.2, 0.25) is 0 Å². The van der Waals surface area contributed by atoms with E-state index in [-0.39, 0.29) is 49.6 Å². The van der Waals surface area contributed by atoms with Gasteiger partial charge >= 0.3 is 0 Å². The van der Waals surface area contributed by atoms with Gasteiger partial charge in [-0.05, 0) is 103 Å². The highest BCUT2D eigenvalue weighted by Gasteiger charge is 2.25. The van der Waals surface area contributed by atoms with E-state index < -0.39 is 0 Å². The first-order valence-electron chi connectivity index (χ1n) is 24.4. The quantitative estimate of drug-likeness (QED) is 0.0906. The van der Waals surface area contributed by atoms with E-state index in [0.717, 1.165) is 0 Å². The molecule has 0 aromatic carbocycles. The Kier molecular flexibility index (Phi) is 69.3. The summed E-state index contributed by atoms with van der Waals surface area (Å²) in [4.78, 5) is 0. The predicted octanol–water partition coefficient (Wildman–Crippen LogP) is 1.79. The van der Waals surface area contributed by atoms with Crippen LogP contribution in [0.4, 0.5) is 0 Å². The fraction of sp³-hybridized carbons (Fsp3) is 1.00. The average Bonchev–Trinajstić information content (AvgIpc) is 3.08. The van der Waals surface area contributed by atoms with Gasteiger partial charge in [0.25, 0.3) is 0 Å². The third-order valence-corrected chi connectivity index (χ3v) is 11.2. The van der Waals surface area contributed by atoms with E-state index in [9.17, 15) is 0 Å². The monoisotopic (exact) mass is 885 g/mol. The molecule has 4 nitrogen and oxygen atoms in total. The van der Waals surface area contributed by atoms with Gasteiger partial charge in [0.2, 0.25) is 0 Å². The molecule has 0 aromatic rings. The first-order chi connectivity index (χ1) is 25.0. The summed E-state index contributed by atoms with van der Waals surface area (Å²) in [6.07, 6.45) is 21.3. The van der Waals surface area contributed by atoms with Gasteiger partial charge in [-0.2, -0.15) is 0 Å². The van der Waals surface area contributed by atoms with Crippen molar-refractivity contribution in [1.29, 1.82) is 0 Å². The molecule has 0 rings (SSSR count). The minimum Gasteiger partial charge on any atom is -1.00 e. The summed E-state index contributed by atoms with van der Waals surface area (Å²) >= 11 is 0. The maximum absolute atomic E-state index is 2.31. The van der Waals surface area contributed by atoms with Crippen LogP contribution in [0.15, 0.2) is 0 Å². The van der Waals surface area contributed by atoms with Crippen molar-refractivity contribution in [1.82, 2.24) is 0 Å². The van der Waals surface area contributed by atoms with Gasteiger partial charge < -0.3 is 67.6 Å². The van der Waals surface area contributed by atoms with Crippen molar-refractivity contribution in [2.24, 2.45) is 0 Å². The number of halogens is 4. The average molecular weight is 887 g/mol. The first kappa shape index (κ1) is 74.4. The normalized spacial score (nSPS) is 11.1. The van der Waals surface area contributed by atoms with Crippen LogP contribution in [-0.4, -0.2) is 123 Å². The second kappa shape index (κ2) is 52.1. The van der Waals surface area contributed by atoms with Crippen molar-refractivity contribution in [2.75, 3.05) is 105 Å². The van der Waals surface area contributed by atoms with Gasteiger partial charge in [-0.1, -0.05) is 111 Å². The van der Waals surface area contributed by atoms with E-state index in [1.54, 1.807) is 0 Å². The maximum atomic E-state index is 2.31. The van der Waals surface area contributed by atoms with E-state index in [2.05, 4.69) is 111 Å². The number of rotatable bonds is 32. The molecule has 0 aromatic heterocycles. The number of nitrogens with zero attached hydrogens (tertiary/aromatic N) is 4. The molecule has 8 heteroatoms. The highest BCUT2D eigenvalue weighted by molar-refractivity contribution is 4.47. The summed E-state index contributed by atoms with van der Waals surface area (Å²) in [6.45, 7) is 59.2. The van der Waals surface area contributed by atoms with Gasteiger partial charge in [0, 0.05) is 0 Å². The van der Waals surface area contributed by atoms with Crippen molar-refractivity contribution >= 4 is 0 Å². The Morgan fingerprint density at radius 3 is 0.232 bits per heavy atom. The molecule has 0 heterocycles. The summed E-state index contributed by atoms with van der Waals surface area (Å²) in [5.41, 5.74) is 0. The van der Waals surface area contributed by atoms with Gasteiger partial charge in [-0.25, -0.2) is 0 Å². The van der Waals surface area contributed by atoms with Crippen LogP contribution in [0.5, 0.6) is 0 Å². The molecule has 0 N–H and O–H groups in total. The number of hydrogen-bond acceptors (Lipinski definition) is 0. The molecule has 56 heavy (non-hydrogen) atoms. The zero-order chi connectivity index (χ0) is 40.6. The Balaban J connectivity index is -0.0000000893. The Morgan fingerprint density at radius 1 is 0.143 bits per heavy atom. The Morgan fingerprint density at radius 2 is 0.196 bits per heavy atom. The van der Waals surface area contributed by atoms with Crippen molar-refractivity contribution < 1.29 is 67.6 Å². The highest BCUT2D eigenvalue weighted by Crippen LogP contribution is 2.15. The third-order valence-electron chi connectivity index (χ3n) is 11.2. The molecule has 0 aliphatic carbocycles.